The van der Waals surface area contributed by atoms with Crippen LogP contribution in [0.4, 0.5) is 30.6 Å². The summed E-state index contributed by atoms with van der Waals surface area (Å²) in [4.78, 5) is 58.6. The van der Waals surface area contributed by atoms with Crippen LogP contribution in [0.25, 0.3) is 116 Å². The highest BCUT2D eigenvalue weighted by molar-refractivity contribution is 6.07. The lowest BCUT2D eigenvalue weighted by Crippen LogP contribution is -2.36. The normalized spacial score (nSPS) is 14.7. The molecular weight excluding hydrogens is 1400 g/mol. The van der Waals surface area contributed by atoms with Crippen LogP contribution in [-0.2, 0) is 41.1 Å². The summed E-state index contributed by atoms with van der Waals surface area (Å²) >= 11 is 0. The van der Waals surface area contributed by atoms with Crippen LogP contribution >= 0.6 is 0 Å². The number of aryl methyl sites for hydroxylation is 5. The van der Waals surface area contributed by atoms with Gasteiger partial charge < -0.3 is 30.0 Å². The number of carboxylic acid groups (broad SMARTS) is 3. The van der Waals surface area contributed by atoms with Crippen molar-refractivity contribution in [1.29, 1.82) is 0 Å². The van der Waals surface area contributed by atoms with E-state index >= 15 is 0 Å². The molecule has 9 aromatic heterocycles. The van der Waals surface area contributed by atoms with E-state index < -0.39 is 29.6 Å². The number of carbonyl (C=O) groups is 3. The first-order chi connectivity index (χ1) is 53.2. The van der Waals surface area contributed by atoms with E-state index in [1.807, 2.05) is 112 Å². The molecule has 3 fully saturated rings. The second kappa shape index (κ2) is 29.4. The lowest BCUT2D eigenvalue weighted by molar-refractivity contribution is -0.143. The van der Waals surface area contributed by atoms with Crippen LogP contribution in [0, 0.1) is 31.6 Å². The number of hydrogen-bond acceptors (Lipinski definition) is 15. The van der Waals surface area contributed by atoms with E-state index in [9.17, 15) is 42.9 Å². The van der Waals surface area contributed by atoms with E-state index in [1.165, 1.54) is 22.5 Å². The molecule has 0 spiro atoms. The Morgan fingerprint density at radius 2 is 0.818 bits per heavy atom. The monoisotopic (exact) mass is 1480 g/mol. The van der Waals surface area contributed by atoms with Crippen LogP contribution in [0.1, 0.15) is 67.8 Å². The molecule has 0 amide bonds. The molecule has 0 unspecified atom stereocenters. The molecule has 0 aliphatic carbocycles. The molecule has 3 aliphatic heterocycles. The Morgan fingerprint density at radius 3 is 1.25 bits per heavy atom. The molecule has 26 heteroatoms. The Balaban J connectivity index is 0.000000125. The lowest BCUT2D eigenvalue weighted by Gasteiger charge is -2.31. The Labute approximate surface area is 629 Å². The number of aliphatic carboxylic acids is 3. The van der Waals surface area contributed by atoms with Gasteiger partial charge in [-0.1, -0.05) is 97.9 Å². The number of carboxylic acids is 3. The van der Waals surface area contributed by atoms with Crippen LogP contribution in [0.5, 0.6) is 0 Å². The number of alkyl halides is 3. The van der Waals surface area contributed by atoms with Crippen molar-refractivity contribution in [1.82, 2.24) is 68.8 Å². The van der Waals surface area contributed by atoms with E-state index in [0.29, 0.717) is 106 Å². The second-order valence-corrected chi connectivity index (χ2v) is 28.5. The zero-order valence-electron chi connectivity index (χ0n) is 61.1. The van der Waals surface area contributed by atoms with Gasteiger partial charge in [0.1, 0.15) is 34.5 Å². The molecule has 110 heavy (non-hydrogen) atoms. The lowest BCUT2D eigenvalue weighted by atomic mass is 9.97. The van der Waals surface area contributed by atoms with E-state index in [1.54, 1.807) is 29.9 Å². The van der Waals surface area contributed by atoms with Gasteiger partial charge in [0.2, 0.25) is 0 Å². The summed E-state index contributed by atoms with van der Waals surface area (Å²) in [6.45, 7) is 10.2. The summed E-state index contributed by atoms with van der Waals surface area (Å²) in [5.74, 6) is -0.702. The van der Waals surface area contributed by atoms with Crippen molar-refractivity contribution in [3.05, 3.63) is 211 Å². The maximum Gasteiger partial charge on any atom is 0.418 e. The van der Waals surface area contributed by atoms with Crippen LogP contribution in [0.2, 0.25) is 0 Å². The topological polar surface area (TPSA) is 262 Å². The molecule has 0 atom stereocenters. The molecule has 3 saturated heterocycles. The smallest absolute Gasteiger partial charge is 0.418 e. The molecule has 15 aromatic rings. The van der Waals surface area contributed by atoms with Crippen molar-refractivity contribution in [3.8, 4) is 50.8 Å². The molecule has 18 rings (SSSR count). The summed E-state index contributed by atoms with van der Waals surface area (Å²) in [7, 11) is 3.73. The van der Waals surface area contributed by atoms with Crippen LogP contribution in [-0.4, -0.2) is 141 Å². The summed E-state index contributed by atoms with van der Waals surface area (Å²) in [6, 6.07) is 48.4. The number of rotatable bonds is 13. The van der Waals surface area contributed by atoms with Gasteiger partial charge in [-0.15, -0.1) is 0 Å². The van der Waals surface area contributed by atoms with E-state index in [4.69, 9.17) is 25.3 Å². The van der Waals surface area contributed by atoms with Crippen molar-refractivity contribution in [3.63, 3.8) is 0 Å². The van der Waals surface area contributed by atoms with Crippen LogP contribution in [0.3, 0.4) is 0 Å². The summed E-state index contributed by atoms with van der Waals surface area (Å²) in [5.41, 5.74) is 13.6. The zero-order valence-corrected chi connectivity index (χ0v) is 61.1. The van der Waals surface area contributed by atoms with Gasteiger partial charge in [0.25, 0.3) is 0 Å². The van der Waals surface area contributed by atoms with Crippen molar-refractivity contribution >= 4 is 101 Å². The Kier molecular flexibility index (Phi) is 19.1. The van der Waals surface area contributed by atoms with Crippen LogP contribution < -0.4 is 14.7 Å². The van der Waals surface area contributed by atoms with Gasteiger partial charge in [-0.3, -0.25) is 28.7 Å². The third-order valence-corrected chi connectivity index (χ3v) is 21.5. The largest absolute Gasteiger partial charge is 0.481 e. The Bertz CT molecular complexity index is 6000. The van der Waals surface area contributed by atoms with Crippen molar-refractivity contribution in [2.75, 3.05) is 54.0 Å². The highest BCUT2D eigenvalue weighted by Crippen LogP contribution is 2.43. The first kappa shape index (κ1) is 71.4. The molecular formula is C84H78F3N17O6. The van der Waals surface area contributed by atoms with Gasteiger partial charge in [-0.2, -0.15) is 38.7 Å². The fourth-order valence-corrected chi connectivity index (χ4v) is 15.8. The summed E-state index contributed by atoms with van der Waals surface area (Å²) in [6.07, 6.45) is 10.9. The molecule has 0 saturated carbocycles. The number of aromatic nitrogens is 14. The predicted molar refractivity (Wildman–Crippen MR) is 418 cm³/mol. The SMILES string of the molecule is CCc1cccc2c(-c3cccc4nn(C)cc34)nn(-c3ccc(N4CCC(C(=O)O)CC4)nc3)c12.Cc1cc2c(-c3nn(-c4ccc(N5CCC(C(=O)O)CC5)nc4)c4c(C)cccc34)cccc2cn1.Cn1cc2c(-c3nn(-c4ccc(N5CCC(C(=O)O)CC5)nc4)c4c(C(F)(F)F)cccc34)cccc2n1. The molecule has 6 aromatic carbocycles. The molecule has 0 radical (unpaired) electrons. The maximum atomic E-state index is 14.2. The molecule has 556 valence electrons. The number of halogens is 3. The number of anilines is 3. The molecule has 23 nitrogen and oxygen atoms in total. The van der Waals surface area contributed by atoms with Gasteiger partial charge >= 0.3 is 24.1 Å². The molecule has 3 N–H and O–H groups in total. The number of benzene rings is 6. The number of fused-ring (bicyclic) bond motifs is 6. The quantitative estimate of drug-likeness (QED) is 0.0968. The average molecular weight is 1480 g/mol. The first-order valence-electron chi connectivity index (χ1n) is 36.8. The number of pyridine rings is 4. The second-order valence-electron chi connectivity index (χ2n) is 28.5. The highest BCUT2D eigenvalue weighted by Gasteiger charge is 2.36. The minimum atomic E-state index is -4.59. The van der Waals surface area contributed by atoms with E-state index in [2.05, 4.69) is 117 Å². The van der Waals surface area contributed by atoms with Gasteiger partial charge in [-0.05, 0) is 136 Å². The molecule has 3 aliphatic rings. The van der Waals surface area contributed by atoms with Gasteiger partial charge in [0.05, 0.1) is 86.6 Å². The van der Waals surface area contributed by atoms with E-state index in [0.717, 1.165) is 124 Å². The van der Waals surface area contributed by atoms with Gasteiger partial charge in [0.15, 0.2) is 0 Å². The fraction of sp³-hybridized carbons (Fsp3) is 0.262. The molecule has 0 bridgehead atoms. The Hall–Kier alpha value is -12.9. The fourth-order valence-electron chi connectivity index (χ4n) is 15.8. The van der Waals surface area contributed by atoms with Crippen molar-refractivity contribution in [2.24, 2.45) is 31.8 Å². The average Bonchev–Trinajstić information content (AvgIpc) is 1.59. The molecule has 12 heterocycles. The predicted octanol–water partition coefficient (Wildman–Crippen LogP) is 15.7. The van der Waals surface area contributed by atoms with Crippen molar-refractivity contribution in [2.45, 2.75) is 71.9 Å². The maximum absolute atomic E-state index is 14.2. The van der Waals surface area contributed by atoms with Crippen molar-refractivity contribution < 1.29 is 42.9 Å². The summed E-state index contributed by atoms with van der Waals surface area (Å²) in [5, 5.41) is 58.4. The van der Waals surface area contributed by atoms with Gasteiger partial charge in [0, 0.05) is 127 Å². The number of hydrogen-bond donors (Lipinski definition) is 3. The number of nitrogens with zero attached hydrogens (tertiary/aromatic N) is 17. The third-order valence-electron chi connectivity index (χ3n) is 21.5. The Morgan fingerprint density at radius 1 is 0.427 bits per heavy atom. The minimum Gasteiger partial charge on any atom is -0.481 e. The highest BCUT2D eigenvalue weighted by atomic mass is 19.4. The number of para-hydroxylation sites is 3. The third kappa shape index (κ3) is 13.7. The first-order valence-corrected chi connectivity index (χ1v) is 36.8. The number of piperidine rings is 3. The minimum absolute atomic E-state index is 0.0484. The summed E-state index contributed by atoms with van der Waals surface area (Å²) < 4.78 is 51.3. The van der Waals surface area contributed by atoms with Gasteiger partial charge in [-0.25, -0.2) is 29.0 Å². The van der Waals surface area contributed by atoms with Crippen LogP contribution in [0.15, 0.2) is 189 Å². The van der Waals surface area contributed by atoms with E-state index in [-0.39, 0.29) is 23.3 Å². The standard InChI is InChI=1S/C29H27N5O2.C28H28N6O2.C27H23F3N6O2/c1-18-5-3-8-24-27(23-7-4-6-21-16-30-19(2)15-25(21)23)32-34(28(18)24)22-9-10-26(31-17-22)33-13-11-20(12-14-33)29(35)36;1-3-18-6-4-8-22-26(21-7-5-9-24-23(21)17-32(2)30-24)31-34(27(18)22)20-10-11-25(29-16-20)33-14-12-19(13-15-33)28(35)36;1-34-15-20-18(4-3-7-22(20)32-34)24-19-5-2-6-21(27(28,29)30)25(19)36(33-24)17-8-9-23(31-14-17)35-12-10-16(11-13-35)26(37)38/h3-10,15-17,20H,11-14H2,1-2H3,(H,35,36);4-11,16-17,19H,3,12-15H2,1-2H3,(H,35,36);2-9,14-16H,10-13H2,1H3,(H,37,38). The zero-order chi connectivity index (χ0) is 76.2.